The number of hydrogen-bond donors (Lipinski definition) is 2. The molecule has 3 N–H and O–H groups in total. The maximum atomic E-state index is 11.8. The van der Waals surface area contributed by atoms with Crippen LogP contribution < -0.4 is 11.1 Å². The van der Waals surface area contributed by atoms with E-state index < -0.39 is 0 Å². The third-order valence-electron chi connectivity index (χ3n) is 3.28. The number of carbonyl (C=O) groups is 1. The highest BCUT2D eigenvalue weighted by Crippen LogP contribution is 2.26. The van der Waals surface area contributed by atoms with Crippen LogP contribution in [0.5, 0.6) is 0 Å². The Labute approximate surface area is 132 Å². The molecule has 5 heteroatoms. The molecule has 0 saturated heterocycles. The molecule has 1 amide bonds. The Bertz CT molecular complexity index is 407. The Balaban J connectivity index is 0.00000361. The first-order valence-electron chi connectivity index (χ1n) is 7.11. The Morgan fingerprint density at radius 2 is 1.95 bits per heavy atom. The van der Waals surface area contributed by atoms with Crippen LogP contribution in [-0.2, 0) is 4.79 Å². The smallest absolute Gasteiger partial charge is 0.220 e. The van der Waals surface area contributed by atoms with Gasteiger partial charge in [0, 0.05) is 16.2 Å². The highest BCUT2D eigenvalue weighted by Gasteiger charge is 2.13. The van der Waals surface area contributed by atoms with Crippen molar-refractivity contribution in [2.75, 3.05) is 6.54 Å². The monoisotopic (exact) mass is 318 g/mol. The molecule has 1 atom stereocenters. The molecule has 116 valence electrons. The summed E-state index contributed by atoms with van der Waals surface area (Å²) < 4.78 is 0. The molecular weight excluding hydrogens is 292 g/mol. The van der Waals surface area contributed by atoms with Gasteiger partial charge in [0.15, 0.2) is 0 Å². The highest BCUT2D eigenvalue weighted by atomic mass is 35.5. The molecule has 1 unspecified atom stereocenters. The van der Waals surface area contributed by atoms with Crippen molar-refractivity contribution in [3.05, 3.63) is 21.4 Å². The number of hydrogen-bond acceptors (Lipinski definition) is 3. The zero-order valence-electron chi connectivity index (χ0n) is 12.7. The van der Waals surface area contributed by atoms with Gasteiger partial charge in [-0.05, 0) is 51.8 Å². The maximum Gasteiger partial charge on any atom is 0.220 e. The number of carbonyl (C=O) groups excluding carboxylic acids is 1. The average molecular weight is 319 g/mol. The molecular formula is C15H27ClN2OS. The Morgan fingerprint density at radius 3 is 2.50 bits per heavy atom. The predicted molar refractivity (Wildman–Crippen MR) is 89.7 cm³/mol. The summed E-state index contributed by atoms with van der Waals surface area (Å²) in [6.45, 7) is 7.02. The number of thiophene rings is 1. The first kappa shape index (κ1) is 19.4. The van der Waals surface area contributed by atoms with Crippen LogP contribution in [0.1, 0.15) is 60.4 Å². The summed E-state index contributed by atoms with van der Waals surface area (Å²) in [5.74, 6) is 0.156. The van der Waals surface area contributed by atoms with Crippen LogP contribution in [0.15, 0.2) is 6.07 Å². The molecule has 0 aromatic carbocycles. The van der Waals surface area contributed by atoms with E-state index in [1.165, 1.54) is 15.3 Å². The van der Waals surface area contributed by atoms with E-state index in [4.69, 9.17) is 5.73 Å². The predicted octanol–water partition coefficient (Wildman–Crippen LogP) is 3.87. The van der Waals surface area contributed by atoms with Gasteiger partial charge in [0.1, 0.15) is 0 Å². The Hall–Kier alpha value is -0.580. The first-order chi connectivity index (χ1) is 9.04. The van der Waals surface area contributed by atoms with Crippen molar-refractivity contribution in [1.29, 1.82) is 0 Å². The van der Waals surface area contributed by atoms with Gasteiger partial charge in [-0.15, -0.1) is 23.7 Å². The molecule has 0 bridgehead atoms. The maximum absolute atomic E-state index is 11.8. The third-order valence-corrected chi connectivity index (χ3v) is 4.26. The molecule has 0 aliphatic rings. The molecule has 0 radical (unpaired) electrons. The van der Waals surface area contributed by atoms with Crippen LogP contribution in [0.3, 0.4) is 0 Å². The molecule has 0 saturated carbocycles. The Morgan fingerprint density at radius 1 is 1.30 bits per heavy atom. The van der Waals surface area contributed by atoms with Gasteiger partial charge in [-0.3, -0.25) is 4.79 Å². The topological polar surface area (TPSA) is 55.1 Å². The molecule has 0 aliphatic carbocycles. The molecule has 0 spiro atoms. The lowest BCUT2D eigenvalue weighted by atomic mass is 10.1. The fraction of sp³-hybridized carbons (Fsp3) is 0.667. The minimum Gasteiger partial charge on any atom is -0.350 e. The second-order valence-corrected chi connectivity index (χ2v) is 6.57. The van der Waals surface area contributed by atoms with E-state index in [2.05, 4.69) is 32.2 Å². The van der Waals surface area contributed by atoms with Crippen molar-refractivity contribution in [2.45, 2.75) is 58.9 Å². The van der Waals surface area contributed by atoms with E-state index in [9.17, 15) is 4.79 Å². The molecule has 1 aromatic rings. The summed E-state index contributed by atoms with van der Waals surface area (Å²) in [6, 6.07) is 2.29. The van der Waals surface area contributed by atoms with Crippen LogP contribution in [-0.4, -0.2) is 12.5 Å². The summed E-state index contributed by atoms with van der Waals surface area (Å²) >= 11 is 1.79. The highest BCUT2D eigenvalue weighted by molar-refractivity contribution is 7.12. The number of nitrogens with two attached hydrogens (primary N) is 1. The van der Waals surface area contributed by atoms with Crippen molar-refractivity contribution in [3.63, 3.8) is 0 Å². The fourth-order valence-electron chi connectivity index (χ4n) is 2.26. The van der Waals surface area contributed by atoms with Gasteiger partial charge >= 0.3 is 0 Å². The number of halogens is 1. The molecule has 0 fully saturated rings. The van der Waals surface area contributed by atoms with Crippen LogP contribution in [0, 0.1) is 13.8 Å². The summed E-state index contributed by atoms with van der Waals surface area (Å²) in [4.78, 5) is 14.4. The van der Waals surface area contributed by atoms with Gasteiger partial charge < -0.3 is 11.1 Å². The third kappa shape index (κ3) is 6.73. The van der Waals surface area contributed by atoms with Crippen molar-refractivity contribution < 1.29 is 4.79 Å². The number of rotatable bonds is 8. The summed E-state index contributed by atoms with van der Waals surface area (Å²) in [7, 11) is 0. The molecule has 1 aromatic heterocycles. The van der Waals surface area contributed by atoms with Crippen LogP contribution in [0.25, 0.3) is 0 Å². The average Bonchev–Trinajstić information content (AvgIpc) is 2.68. The quantitative estimate of drug-likeness (QED) is 0.715. The number of nitrogens with one attached hydrogen (secondary N) is 1. The number of unbranched alkanes of at least 4 members (excludes halogenated alkanes) is 3. The van der Waals surface area contributed by atoms with Crippen molar-refractivity contribution >= 4 is 29.7 Å². The lowest BCUT2D eigenvalue weighted by molar-refractivity contribution is -0.121. The largest absolute Gasteiger partial charge is 0.350 e. The van der Waals surface area contributed by atoms with Crippen LogP contribution in [0.4, 0.5) is 0 Å². The van der Waals surface area contributed by atoms with Gasteiger partial charge in [-0.2, -0.15) is 0 Å². The standard InChI is InChI=1S/C15H26N2OS.ClH/c1-11-10-14(13(3)19-11)12(2)17-15(18)8-6-4-5-7-9-16;/h10,12H,4-9,16H2,1-3H3,(H,17,18);1H. The van der Waals surface area contributed by atoms with E-state index in [1.54, 1.807) is 11.3 Å². The van der Waals surface area contributed by atoms with E-state index in [0.29, 0.717) is 6.42 Å². The second kappa shape index (κ2) is 10.2. The minimum absolute atomic E-state index is 0. The summed E-state index contributed by atoms with van der Waals surface area (Å²) in [6.07, 6.45) is 4.86. The van der Waals surface area contributed by atoms with Gasteiger partial charge in [0.25, 0.3) is 0 Å². The van der Waals surface area contributed by atoms with Gasteiger partial charge in [0.2, 0.25) is 5.91 Å². The normalized spacial score (nSPS) is 11.8. The lowest BCUT2D eigenvalue weighted by Gasteiger charge is -2.14. The van der Waals surface area contributed by atoms with E-state index in [0.717, 1.165) is 32.2 Å². The van der Waals surface area contributed by atoms with Crippen molar-refractivity contribution in [1.82, 2.24) is 5.32 Å². The molecule has 1 rings (SSSR count). The van der Waals surface area contributed by atoms with Gasteiger partial charge in [0.05, 0.1) is 6.04 Å². The minimum atomic E-state index is 0. The summed E-state index contributed by atoms with van der Waals surface area (Å²) in [5.41, 5.74) is 6.69. The molecule has 1 heterocycles. The van der Waals surface area contributed by atoms with Crippen molar-refractivity contribution in [3.8, 4) is 0 Å². The van der Waals surface area contributed by atoms with Crippen molar-refractivity contribution in [2.24, 2.45) is 5.73 Å². The van der Waals surface area contributed by atoms with Gasteiger partial charge in [-0.25, -0.2) is 0 Å². The van der Waals surface area contributed by atoms with E-state index >= 15 is 0 Å². The number of amides is 1. The summed E-state index contributed by atoms with van der Waals surface area (Å²) in [5, 5.41) is 3.08. The Kier molecular flexibility index (Phi) is 9.90. The zero-order valence-corrected chi connectivity index (χ0v) is 14.3. The fourth-order valence-corrected chi connectivity index (χ4v) is 3.28. The number of aryl methyl sites for hydroxylation is 2. The van der Waals surface area contributed by atoms with Crippen LogP contribution >= 0.6 is 23.7 Å². The van der Waals surface area contributed by atoms with E-state index in [1.807, 2.05) is 0 Å². The molecule has 20 heavy (non-hydrogen) atoms. The van der Waals surface area contributed by atoms with Gasteiger partial charge in [-0.1, -0.05) is 12.8 Å². The lowest BCUT2D eigenvalue weighted by Crippen LogP contribution is -2.26. The molecule has 0 aliphatic heterocycles. The molecule has 3 nitrogen and oxygen atoms in total. The zero-order chi connectivity index (χ0) is 14.3. The SMILES string of the molecule is Cc1cc(C(C)NC(=O)CCCCCCN)c(C)s1.Cl. The first-order valence-corrected chi connectivity index (χ1v) is 7.92. The van der Waals surface area contributed by atoms with Crippen LogP contribution in [0.2, 0.25) is 0 Å². The second-order valence-electron chi connectivity index (χ2n) is 5.11. The van der Waals surface area contributed by atoms with E-state index in [-0.39, 0.29) is 24.4 Å².